The van der Waals surface area contributed by atoms with Crippen LogP contribution in [0.4, 0.5) is 0 Å². The van der Waals surface area contributed by atoms with Crippen LogP contribution in [-0.2, 0) is 13.2 Å². The molecule has 0 radical (unpaired) electrons. The summed E-state index contributed by atoms with van der Waals surface area (Å²) in [6.07, 6.45) is 1.19. The van der Waals surface area contributed by atoms with Gasteiger partial charge in [-0.05, 0) is 49.5 Å². The van der Waals surface area contributed by atoms with Crippen LogP contribution in [0, 0.1) is 12.3 Å². The number of benzene rings is 1. The molecule has 124 valence electrons. The molecule has 23 heavy (non-hydrogen) atoms. The number of nitrogens with two attached hydrogens (primary N) is 1. The van der Waals surface area contributed by atoms with Gasteiger partial charge in [0.1, 0.15) is 12.4 Å². The lowest BCUT2D eigenvalue weighted by Crippen LogP contribution is -2.31. The van der Waals surface area contributed by atoms with E-state index in [1.165, 1.54) is 12.0 Å². The van der Waals surface area contributed by atoms with E-state index in [-0.39, 0.29) is 5.41 Å². The molecule has 1 aliphatic rings. The van der Waals surface area contributed by atoms with Gasteiger partial charge in [-0.2, -0.15) is 0 Å². The Bertz CT molecular complexity index is 640. The van der Waals surface area contributed by atoms with Gasteiger partial charge in [0, 0.05) is 18.5 Å². The predicted octanol–water partition coefficient (Wildman–Crippen LogP) is 3.20. The number of aryl methyl sites for hydroxylation is 1. The second-order valence-corrected chi connectivity index (χ2v) is 7.83. The first-order valence-corrected chi connectivity index (χ1v) is 8.99. The van der Waals surface area contributed by atoms with E-state index in [4.69, 9.17) is 10.5 Å². The SMILES string of the molecule is Cc1nc(COc2ccc(CN3CCC(C)(CN)C3)cc2)cs1. The molecule has 2 N–H and O–H groups in total. The molecule has 1 fully saturated rings. The highest BCUT2D eigenvalue weighted by Crippen LogP contribution is 2.29. The van der Waals surface area contributed by atoms with E-state index in [0.29, 0.717) is 6.61 Å². The van der Waals surface area contributed by atoms with Gasteiger partial charge in [0.25, 0.3) is 0 Å². The molecule has 3 rings (SSSR count). The molecule has 2 aromatic rings. The van der Waals surface area contributed by atoms with Crippen LogP contribution in [0.5, 0.6) is 5.75 Å². The molecule has 1 aromatic carbocycles. The predicted molar refractivity (Wildman–Crippen MR) is 94.7 cm³/mol. The minimum Gasteiger partial charge on any atom is -0.487 e. The third-order valence-electron chi connectivity index (χ3n) is 4.51. The van der Waals surface area contributed by atoms with E-state index < -0.39 is 0 Å². The molecule has 1 aromatic heterocycles. The number of nitrogens with zero attached hydrogens (tertiary/aromatic N) is 2. The van der Waals surface area contributed by atoms with Crippen LogP contribution in [0.1, 0.15) is 29.6 Å². The molecule has 0 aliphatic carbocycles. The molecule has 1 saturated heterocycles. The molecular weight excluding hydrogens is 306 g/mol. The van der Waals surface area contributed by atoms with Crippen LogP contribution in [0.3, 0.4) is 0 Å². The summed E-state index contributed by atoms with van der Waals surface area (Å²) in [6, 6.07) is 8.40. The Morgan fingerprint density at radius 3 is 2.74 bits per heavy atom. The summed E-state index contributed by atoms with van der Waals surface area (Å²) in [7, 11) is 0. The Morgan fingerprint density at radius 1 is 1.35 bits per heavy atom. The molecule has 0 saturated carbocycles. The van der Waals surface area contributed by atoms with E-state index in [2.05, 4.69) is 28.9 Å². The Kier molecular flexibility index (Phi) is 4.99. The maximum absolute atomic E-state index is 5.88. The summed E-state index contributed by atoms with van der Waals surface area (Å²) < 4.78 is 5.79. The zero-order valence-corrected chi connectivity index (χ0v) is 14.7. The standard InChI is InChI=1S/C18H25N3OS/c1-14-20-16(11-23-14)10-22-17-5-3-15(4-6-17)9-21-8-7-18(2,12-19)13-21/h3-6,11H,7-10,12-13,19H2,1-2H3. The lowest BCUT2D eigenvalue weighted by Gasteiger charge is -2.22. The second kappa shape index (κ2) is 6.99. The molecule has 0 spiro atoms. The third-order valence-corrected chi connectivity index (χ3v) is 5.33. The lowest BCUT2D eigenvalue weighted by molar-refractivity contribution is 0.274. The number of aromatic nitrogens is 1. The van der Waals surface area contributed by atoms with Gasteiger partial charge >= 0.3 is 0 Å². The van der Waals surface area contributed by atoms with Crippen LogP contribution in [0.2, 0.25) is 0 Å². The molecule has 0 bridgehead atoms. The fourth-order valence-corrected chi connectivity index (χ4v) is 3.61. The quantitative estimate of drug-likeness (QED) is 0.883. The largest absolute Gasteiger partial charge is 0.487 e. The van der Waals surface area contributed by atoms with E-state index in [9.17, 15) is 0 Å². The molecule has 4 nitrogen and oxygen atoms in total. The maximum Gasteiger partial charge on any atom is 0.131 e. The molecule has 0 amide bonds. The van der Waals surface area contributed by atoms with Crippen molar-refractivity contribution in [3.8, 4) is 5.75 Å². The molecular formula is C18H25N3OS. The average Bonchev–Trinajstić information content (AvgIpc) is 3.13. The summed E-state index contributed by atoms with van der Waals surface area (Å²) in [5.41, 5.74) is 8.48. The number of rotatable bonds is 6. The molecule has 1 unspecified atom stereocenters. The first-order valence-electron chi connectivity index (χ1n) is 8.11. The molecule has 1 aliphatic heterocycles. The zero-order chi connectivity index (χ0) is 16.3. The zero-order valence-electron chi connectivity index (χ0n) is 13.9. The van der Waals surface area contributed by atoms with Gasteiger partial charge in [-0.15, -0.1) is 11.3 Å². The first-order chi connectivity index (χ1) is 11.1. The van der Waals surface area contributed by atoms with E-state index >= 15 is 0 Å². The van der Waals surface area contributed by atoms with Crippen molar-refractivity contribution in [1.82, 2.24) is 9.88 Å². The minimum atomic E-state index is 0.286. The van der Waals surface area contributed by atoms with Gasteiger partial charge in [-0.3, -0.25) is 4.90 Å². The molecule has 2 heterocycles. The Labute approximate surface area is 142 Å². The van der Waals surface area contributed by atoms with Crippen LogP contribution in [0.25, 0.3) is 0 Å². The smallest absolute Gasteiger partial charge is 0.131 e. The van der Waals surface area contributed by atoms with Gasteiger partial charge in [0.05, 0.1) is 10.7 Å². The van der Waals surface area contributed by atoms with E-state index in [1.807, 2.05) is 24.4 Å². The average molecular weight is 331 g/mol. The third kappa shape index (κ3) is 4.31. The van der Waals surface area contributed by atoms with Gasteiger partial charge in [-0.25, -0.2) is 4.98 Å². The highest BCUT2D eigenvalue weighted by atomic mass is 32.1. The number of thiazole rings is 1. The summed E-state index contributed by atoms with van der Waals surface area (Å²) in [5.74, 6) is 0.896. The first kappa shape index (κ1) is 16.4. The van der Waals surface area contributed by atoms with Crippen LogP contribution in [0.15, 0.2) is 29.6 Å². The van der Waals surface area contributed by atoms with E-state index in [1.54, 1.807) is 11.3 Å². The van der Waals surface area contributed by atoms with Crippen LogP contribution < -0.4 is 10.5 Å². The molecule has 5 heteroatoms. The summed E-state index contributed by atoms with van der Waals surface area (Å²) >= 11 is 1.66. The minimum absolute atomic E-state index is 0.286. The monoisotopic (exact) mass is 331 g/mol. The summed E-state index contributed by atoms with van der Waals surface area (Å²) in [4.78, 5) is 6.90. The van der Waals surface area contributed by atoms with E-state index in [0.717, 1.165) is 42.6 Å². The van der Waals surface area contributed by atoms with Crippen molar-refractivity contribution in [3.05, 3.63) is 45.9 Å². The van der Waals surface area contributed by atoms with Crippen molar-refractivity contribution in [3.63, 3.8) is 0 Å². The van der Waals surface area contributed by atoms with Crippen molar-refractivity contribution in [2.24, 2.45) is 11.1 Å². The fourth-order valence-electron chi connectivity index (χ4n) is 3.01. The number of hydrogen-bond donors (Lipinski definition) is 1. The van der Waals surface area contributed by atoms with Gasteiger partial charge in [-0.1, -0.05) is 19.1 Å². The van der Waals surface area contributed by atoms with Gasteiger partial charge in [0.15, 0.2) is 0 Å². The van der Waals surface area contributed by atoms with Crippen molar-refractivity contribution in [1.29, 1.82) is 0 Å². The lowest BCUT2D eigenvalue weighted by atomic mass is 9.90. The Balaban J connectivity index is 1.51. The highest BCUT2D eigenvalue weighted by molar-refractivity contribution is 7.09. The topological polar surface area (TPSA) is 51.4 Å². The van der Waals surface area contributed by atoms with Gasteiger partial charge in [0.2, 0.25) is 0 Å². The summed E-state index contributed by atoms with van der Waals surface area (Å²) in [5, 5.41) is 3.12. The van der Waals surface area contributed by atoms with Crippen LogP contribution in [-0.4, -0.2) is 29.5 Å². The normalized spacial score (nSPS) is 21.7. The van der Waals surface area contributed by atoms with Crippen LogP contribution >= 0.6 is 11.3 Å². The maximum atomic E-state index is 5.88. The highest BCUT2D eigenvalue weighted by Gasteiger charge is 2.32. The Hall–Kier alpha value is -1.43. The second-order valence-electron chi connectivity index (χ2n) is 6.77. The summed E-state index contributed by atoms with van der Waals surface area (Å²) in [6.45, 7) is 8.80. The van der Waals surface area contributed by atoms with Crippen molar-refractivity contribution >= 4 is 11.3 Å². The van der Waals surface area contributed by atoms with Crippen molar-refractivity contribution in [2.45, 2.75) is 33.4 Å². The number of hydrogen-bond acceptors (Lipinski definition) is 5. The van der Waals surface area contributed by atoms with Crippen molar-refractivity contribution in [2.75, 3.05) is 19.6 Å². The number of ether oxygens (including phenoxy) is 1. The van der Waals surface area contributed by atoms with Gasteiger partial charge < -0.3 is 10.5 Å². The Morgan fingerprint density at radius 2 is 2.13 bits per heavy atom. The number of likely N-dealkylation sites (tertiary alicyclic amines) is 1. The molecule has 1 atom stereocenters. The van der Waals surface area contributed by atoms with Crippen molar-refractivity contribution < 1.29 is 4.74 Å². The fraction of sp³-hybridized carbons (Fsp3) is 0.500.